The summed E-state index contributed by atoms with van der Waals surface area (Å²) in [6.45, 7) is 15.2. The van der Waals surface area contributed by atoms with Gasteiger partial charge in [-0.3, -0.25) is 0 Å². The molecular formula is C27H28Br4O6. The molecule has 200 valence electrons. The molecule has 0 fully saturated rings. The Morgan fingerprint density at radius 3 is 1.24 bits per heavy atom. The first-order valence-electron chi connectivity index (χ1n) is 11.2. The van der Waals surface area contributed by atoms with Crippen molar-refractivity contribution in [3.8, 4) is 11.5 Å². The largest absolute Gasteiger partial charge is 0.490 e. The summed E-state index contributed by atoms with van der Waals surface area (Å²) < 4.78 is 25.1. The van der Waals surface area contributed by atoms with Gasteiger partial charge in [0.25, 0.3) is 0 Å². The van der Waals surface area contributed by atoms with E-state index in [1.807, 2.05) is 24.3 Å². The Kier molecular flexibility index (Phi) is 11.9. The number of halogens is 4. The molecule has 10 heteroatoms. The molecule has 2 rings (SSSR count). The minimum atomic E-state index is -0.458. The highest BCUT2D eigenvalue weighted by molar-refractivity contribution is 9.11. The van der Waals surface area contributed by atoms with E-state index in [2.05, 4.69) is 90.7 Å². The highest BCUT2D eigenvalue weighted by Gasteiger charge is 2.32. The standard InChI is InChI=1S/C27H28Br4O6/c1-15(2)25(32)36-9-7-34-17-11-19(28)23(20(29)12-17)27(5,6)24-21(30)13-18(14-22(24)31)35-8-10-37-26(33)16(3)4/h11-14H,1,3,7-10H2,2,4-6H3. The fourth-order valence-corrected chi connectivity index (χ4v) is 7.69. The van der Waals surface area contributed by atoms with Gasteiger partial charge in [0.15, 0.2) is 0 Å². The molecule has 0 amide bonds. The zero-order valence-electron chi connectivity index (χ0n) is 21.0. The molecule has 0 atom stereocenters. The van der Waals surface area contributed by atoms with Crippen LogP contribution >= 0.6 is 63.7 Å². The van der Waals surface area contributed by atoms with Gasteiger partial charge in [0.2, 0.25) is 0 Å². The van der Waals surface area contributed by atoms with Gasteiger partial charge in [-0.25, -0.2) is 9.59 Å². The molecule has 2 aromatic carbocycles. The number of hydrogen-bond acceptors (Lipinski definition) is 6. The van der Waals surface area contributed by atoms with Gasteiger partial charge in [0.05, 0.1) is 0 Å². The third kappa shape index (κ3) is 8.70. The molecule has 37 heavy (non-hydrogen) atoms. The third-order valence-corrected chi connectivity index (χ3v) is 7.65. The number of carbonyl (C=O) groups is 2. The Morgan fingerprint density at radius 2 is 0.973 bits per heavy atom. The number of esters is 2. The maximum absolute atomic E-state index is 11.5. The van der Waals surface area contributed by atoms with E-state index in [4.69, 9.17) is 18.9 Å². The van der Waals surface area contributed by atoms with Crippen LogP contribution in [0.4, 0.5) is 0 Å². The van der Waals surface area contributed by atoms with Gasteiger partial charge in [0.1, 0.15) is 37.9 Å². The van der Waals surface area contributed by atoms with Crippen molar-refractivity contribution in [1.82, 2.24) is 0 Å². The first kappa shape index (κ1) is 31.6. The Bertz CT molecular complexity index is 1070. The summed E-state index contributed by atoms with van der Waals surface area (Å²) >= 11 is 14.8. The summed E-state index contributed by atoms with van der Waals surface area (Å²) in [5.41, 5.74) is 2.25. The molecule has 0 aliphatic carbocycles. The van der Waals surface area contributed by atoms with Gasteiger partial charge >= 0.3 is 11.9 Å². The van der Waals surface area contributed by atoms with Crippen LogP contribution in [0.2, 0.25) is 0 Å². The first-order chi connectivity index (χ1) is 17.2. The molecule has 0 bridgehead atoms. The van der Waals surface area contributed by atoms with Crippen LogP contribution in [-0.4, -0.2) is 38.4 Å². The van der Waals surface area contributed by atoms with Gasteiger partial charge in [-0.05, 0) is 49.2 Å². The lowest BCUT2D eigenvalue weighted by molar-refractivity contribution is -0.140. The highest BCUT2D eigenvalue weighted by atomic mass is 79.9. The molecule has 6 nitrogen and oxygen atoms in total. The van der Waals surface area contributed by atoms with E-state index >= 15 is 0 Å². The quantitative estimate of drug-likeness (QED) is 0.124. The zero-order chi connectivity index (χ0) is 27.9. The fraction of sp³-hybridized carbons (Fsp3) is 0.333. The van der Waals surface area contributed by atoms with Gasteiger partial charge in [-0.1, -0.05) is 90.7 Å². The average molecular weight is 768 g/mol. The number of hydrogen-bond donors (Lipinski definition) is 0. The molecule has 2 aromatic rings. The molecule has 0 aliphatic rings. The van der Waals surface area contributed by atoms with Crippen LogP contribution in [0, 0.1) is 0 Å². The second-order valence-electron chi connectivity index (χ2n) is 8.68. The van der Waals surface area contributed by atoms with Crippen molar-refractivity contribution in [1.29, 1.82) is 0 Å². The minimum Gasteiger partial charge on any atom is -0.490 e. The van der Waals surface area contributed by atoms with Crippen molar-refractivity contribution in [2.24, 2.45) is 0 Å². The van der Waals surface area contributed by atoms with Crippen LogP contribution in [-0.2, 0) is 24.5 Å². The molecule has 0 radical (unpaired) electrons. The van der Waals surface area contributed by atoms with E-state index in [9.17, 15) is 9.59 Å². The second kappa shape index (κ2) is 14.0. The maximum Gasteiger partial charge on any atom is 0.333 e. The van der Waals surface area contributed by atoms with Crippen LogP contribution in [0.15, 0.2) is 66.5 Å². The van der Waals surface area contributed by atoms with E-state index in [1.54, 1.807) is 13.8 Å². The van der Waals surface area contributed by atoms with E-state index in [-0.39, 0.29) is 26.4 Å². The SMILES string of the molecule is C=C(C)C(=O)OCCOc1cc(Br)c(C(C)(C)c2c(Br)cc(OCCOC(=O)C(=C)C)cc2Br)c(Br)c1. The summed E-state index contributed by atoms with van der Waals surface area (Å²) in [4.78, 5) is 23.0. The predicted octanol–water partition coefficient (Wildman–Crippen LogP) is 8.06. The average Bonchev–Trinajstić information content (AvgIpc) is 2.77. The minimum absolute atomic E-state index is 0.124. The number of benzene rings is 2. The molecule has 0 unspecified atom stereocenters. The molecule has 0 saturated carbocycles. The monoisotopic (exact) mass is 764 g/mol. The first-order valence-corrected chi connectivity index (χ1v) is 14.3. The van der Waals surface area contributed by atoms with E-state index in [0.29, 0.717) is 22.6 Å². The molecule has 0 saturated heterocycles. The van der Waals surface area contributed by atoms with Crippen molar-refractivity contribution < 1.29 is 28.5 Å². The zero-order valence-corrected chi connectivity index (χ0v) is 27.4. The van der Waals surface area contributed by atoms with Crippen molar-refractivity contribution in [2.45, 2.75) is 33.1 Å². The number of ether oxygens (including phenoxy) is 4. The second-order valence-corrected chi connectivity index (χ2v) is 12.1. The van der Waals surface area contributed by atoms with E-state index in [1.165, 1.54) is 0 Å². The molecule has 0 heterocycles. The normalized spacial score (nSPS) is 11.0. The van der Waals surface area contributed by atoms with E-state index < -0.39 is 17.4 Å². The van der Waals surface area contributed by atoms with Crippen LogP contribution < -0.4 is 9.47 Å². The number of rotatable bonds is 12. The van der Waals surface area contributed by atoms with Gasteiger partial charge in [0, 0.05) is 34.5 Å². The van der Waals surface area contributed by atoms with Gasteiger partial charge in [-0.2, -0.15) is 0 Å². The van der Waals surface area contributed by atoms with Crippen LogP contribution in [0.5, 0.6) is 11.5 Å². The van der Waals surface area contributed by atoms with Crippen LogP contribution in [0.3, 0.4) is 0 Å². The van der Waals surface area contributed by atoms with Crippen LogP contribution in [0.25, 0.3) is 0 Å². The summed E-state index contributed by atoms with van der Waals surface area (Å²) in [5.74, 6) is 0.362. The predicted molar refractivity (Wildman–Crippen MR) is 158 cm³/mol. The molecule has 0 aliphatic heterocycles. The lowest BCUT2D eigenvalue weighted by Crippen LogP contribution is -2.22. The Labute approximate surface area is 251 Å². The third-order valence-electron chi connectivity index (χ3n) is 5.15. The van der Waals surface area contributed by atoms with Gasteiger partial charge < -0.3 is 18.9 Å². The fourth-order valence-electron chi connectivity index (χ4n) is 3.42. The lowest BCUT2D eigenvalue weighted by atomic mass is 9.78. The highest BCUT2D eigenvalue weighted by Crippen LogP contribution is 2.47. The Balaban J connectivity index is 2.17. The summed E-state index contributed by atoms with van der Waals surface area (Å²) in [6, 6.07) is 7.53. The van der Waals surface area contributed by atoms with Crippen molar-refractivity contribution in [2.75, 3.05) is 26.4 Å². The summed E-state index contributed by atoms with van der Waals surface area (Å²) in [5, 5.41) is 0. The molecule has 0 spiro atoms. The van der Waals surface area contributed by atoms with Crippen LogP contribution in [0.1, 0.15) is 38.8 Å². The summed E-state index contributed by atoms with van der Waals surface area (Å²) in [7, 11) is 0. The summed E-state index contributed by atoms with van der Waals surface area (Å²) in [6.07, 6.45) is 0. The Morgan fingerprint density at radius 1 is 0.676 bits per heavy atom. The van der Waals surface area contributed by atoms with Gasteiger partial charge in [-0.15, -0.1) is 0 Å². The van der Waals surface area contributed by atoms with E-state index in [0.717, 1.165) is 29.0 Å². The number of carbonyl (C=O) groups excluding carboxylic acids is 2. The molecular weight excluding hydrogens is 740 g/mol. The van der Waals surface area contributed by atoms with Crippen molar-refractivity contribution in [3.05, 3.63) is 77.6 Å². The van der Waals surface area contributed by atoms with Crippen molar-refractivity contribution >= 4 is 75.7 Å². The Hall–Kier alpha value is -1.62. The smallest absolute Gasteiger partial charge is 0.333 e. The van der Waals surface area contributed by atoms with Crippen molar-refractivity contribution in [3.63, 3.8) is 0 Å². The molecule has 0 N–H and O–H groups in total. The lowest BCUT2D eigenvalue weighted by Gasteiger charge is -2.31. The topological polar surface area (TPSA) is 71.1 Å². The maximum atomic E-state index is 11.5. The molecule has 0 aromatic heterocycles.